The molecular weight excluding hydrogens is 474 g/mol. The standard InChI is InChI=1S/C24H20BrN3O4/c1-2-26-10-15(14-6-3-4-8-18(14)26)21-22(24(32)28(13-30)23(21)31)16-11-27(12-29)19-9-5-7-17(25)20(16)19/h3-11,29-30H,2,12-13H2,1H3. The minimum Gasteiger partial charge on any atom is -0.376 e. The molecule has 0 saturated heterocycles. The van der Waals surface area contributed by atoms with Gasteiger partial charge in [-0.25, -0.2) is 0 Å². The van der Waals surface area contributed by atoms with Crippen LogP contribution in [0.15, 0.2) is 59.3 Å². The van der Waals surface area contributed by atoms with Crippen LogP contribution in [0.3, 0.4) is 0 Å². The quantitative estimate of drug-likeness (QED) is 0.416. The third-order valence-corrected chi connectivity index (χ3v) is 6.65. The van der Waals surface area contributed by atoms with Crippen LogP contribution in [0, 0.1) is 0 Å². The van der Waals surface area contributed by atoms with Gasteiger partial charge in [0.1, 0.15) is 13.5 Å². The van der Waals surface area contributed by atoms with Gasteiger partial charge in [0.2, 0.25) is 0 Å². The smallest absolute Gasteiger partial charge is 0.264 e. The average Bonchev–Trinajstić information content (AvgIpc) is 3.43. The van der Waals surface area contributed by atoms with Crippen molar-refractivity contribution in [1.29, 1.82) is 0 Å². The first-order chi connectivity index (χ1) is 15.5. The van der Waals surface area contributed by atoms with Gasteiger partial charge in [-0.1, -0.05) is 40.2 Å². The van der Waals surface area contributed by atoms with Crippen LogP contribution in [-0.4, -0.2) is 42.8 Å². The maximum Gasteiger partial charge on any atom is 0.264 e. The molecule has 1 aliphatic heterocycles. The van der Waals surface area contributed by atoms with Crippen molar-refractivity contribution in [3.8, 4) is 0 Å². The molecule has 7 nitrogen and oxygen atoms in total. The van der Waals surface area contributed by atoms with Crippen molar-refractivity contribution >= 4 is 60.7 Å². The van der Waals surface area contributed by atoms with Crippen LogP contribution >= 0.6 is 15.9 Å². The first-order valence-electron chi connectivity index (χ1n) is 10.2. The van der Waals surface area contributed by atoms with Gasteiger partial charge in [0.15, 0.2) is 0 Å². The van der Waals surface area contributed by atoms with Crippen molar-refractivity contribution < 1.29 is 19.8 Å². The number of amides is 2. The molecule has 2 aromatic heterocycles. The second kappa shape index (κ2) is 7.74. The molecule has 1 aliphatic rings. The van der Waals surface area contributed by atoms with Gasteiger partial charge >= 0.3 is 0 Å². The van der Waals surface area contributed by atoms with Gasteiger partial charge in [-0.2, -0.15) is 0 Å². The number of halogens is 1. The summed E-state index contributed by atoms with van der Waals surface area (Å²) in [5.41, 5.74) is 3.32. The molecule has 5 rings (SSSR count). The number of hydrogen-bond acceptors (Lipinski definition) is 4. The fraction of sp³-hybridized carbons (Fsp3) is 0.167. The Balaban J connectivity index is 1.90. The van der Waals surface area contributed by atoms with Crippen LogP contribution in [0.1, 0.15) is 18.1 Å². The molecular formula is C24H20BrN3O4. The molecule has 0 atom stereocenters. The van der Waals surface area contributed by atoms with Gasteiger partial charge in [-0.15, -0.1) is 0 Å². The number of para-hydroxylation sites is 1. The molecule has 0 fully saturated rings. The van der Waals surface area contributed by atoms with E-state index in [0.29, 0.717) is 23.1 Å². The van der Waals surface area contributed by atoms with E-state index >= 15 is 0 Å². The molecule has 162 valence electrons. The van der Waals surface area contributed by atoms with E-state index in [1.165, 1.54) is 0 Å². The molecule has 0 spiro atoms. The maximum atomic E-state index is 13.4. The van der Waals surface area contributed by atoms with Gasteiger partial charge in [-0.05, 0) is 25.1 Å². The largest absolute Gasteiger partial charge is 0.376 e. The third kappa shape index (κ3) is 2.80. The highest BCUT2D eigenvalue weighted by Crippen LogP contribution is 2.43. The molecule has 2 amide bonds. The highest BCUT2D eigenvalue weighted by molar-refractivity contribution is 9.10. The molecule has 3 heterocycles. The molecule has 0 saturated carbocycles. The number of aryl methyl sites for hydroxylation is 1. The van der Waals surface area contributed by atoms with Crippen LogP contribution in [0.2, 0.25) is 0 Å². The second-order valence-corrected chi connectivity index (χ2v) is 8.42. The summed E-state index contributed by atoms with van der Waals surface area (Å²) in [6.07, 6.45) is 3.56. The number of hydrogen-bond donors (Lipinski definition) is 2. The van der Waals surface area contributed by atoms with Crippen LogP contribution in [0.5, 0.6) is 0 Å². The highest BCUT2D eigenvalue weighted by atomic mass is 79.9. The third-order valence-electron chi connectivity index (χ3n) is 5.99. The summed E-state index contributed by atoms with van der Waals surface area (Å²) in [7, 11) is 0. The second-order valence-electron chi connectivity index (χ2n) is 7.56. The van der Waals surface area contributed by atoms with E-state index in [1.54, 1.807) is 10.8 Å². The number of nitrogens with zero attached hydrogens (tertiary/aromatic N) is 3. The highest BCUT2D eigenvalue weighted by Gasteiger charge is 2.41. The minimum atomic E-state index is -0.711. The van der Waals surface area contributed by atoms with Crippen molar-refractivity contribution in [2.45, 2.75) is 20.2 Å². The molecule has 8 heteroatoms. The monoisotopic (exact) mass is 493 g/mol. The first kappa shape index (κ1) is 20.7. The van der Waals surface area contributed by atoms with Gasteiger partial charge in [0, 0.05) is 50.8 Å². The minimum absolute atomic E-state index is 0.215. The number of carbonyl (C=O) groups is 2. The van der Waals surface area contributed by atoms with Crippen molar-refractivity contribution in [3.63, 3.8) is 0 Å². The van der Waals surface area contributed by atoms with Gasteiger partial charge in [0.05, 0.1) is 16.7 Å². The Labute approximate surface area is 191 Å². The summed E-state index contributed by atoms with van der Waals surface area (Å²) in [6.45, 7) is 1.72. The zero-order valence-electron chi connectivity index (χ0n) is 17.2. The summed E-state index contributed by atoms with van der Waals surface area (Å²) in [5, 5.41) is 21.3. The molecule has 0 radical (unpaired) electrons. The van der Waals surface area contributed by atoms with Gasteiger partial charge in [0.25, 0.3) is 11.8 Å². The van der Waals surface area contributed by atoms with Crippen molar-refractivity contribution in [2.24, 2.45) is 0 Å². The number of aliphatic hydroxyl groups is 2. The van der Waals surface area contributed by atoms with E-state index in [2.05, 4.69) is 15.9 Å². The zero-order chi connectivity index (χ0) is 22.6. The normalized spacial score (nSPS) is 14.6. The molecule has 0 unspecified atom stereocenters. The Hall–Kier alpha value is -3.20. The van der Waals surface area contributed by atoms with Crippen LogP contribution in [0.4, 0.5) is 0 Å². The Morgan fingerprint density at radius 2 is 1.47 bits per heavy atom. The molecule has 2 N–H and O–H groups in total. The number of fused-ring (bicyclic) bond motifs is 2. The summed E-state index contributed by atoms with van der Waals surface area (Å²) in [6, 6.07) is 13.3. The van der Waals surface area contributed by atoms with Crippen molar-refractivity contribution in [1.82, 2.24) is 14.0 Å². The van der Waals surface area contributed by atoms with Crippen LogP contribution in [0.25, 0.3) is 33.0 Å². The number of imide groups is 1. The molecule has 0 aliphatic carbocycles. The van der Waals surface area contributed by atoms with Crippen LogP contribution < -0.4 is 0 Å². The fourth-order valence-corrected chi connectivity index (χ4v) is 5.10. The Morgan fingerprint density at radius 3 is 2.16 bits per heavy atom. The number of benzene rings is 2. The molecule has 4 aromatic rings. The lowest BCUT2D eigenvalue weighted by Gasteiger charge is -2.10. The number of carbonyl (C=O) groups excluding carboxylic acids is 2. The Kier molecular flexibility index (Phi) is 5.00. The lowest BCUT2D eigenvalue weighted by atomic mass is 9.95. The number of aromatic nitrogens is 2. The Bertz CT molecular complexity index is 1450. The topological polar surface area (TPSA) is 87.7 Å². The SMILES string of the molecule is CCn1cc(C2=C(c3cn(CO)c4cccc(Br)c34)C(=O)N(CO)C2=O)c2ccccc21. The number of rotatable bonds is 5. The zero-order valence-corrected chi connectivity index (χ0v) is 18.8. The van der Waals surface area contributed by atoms with Gasteiger partial charge in [-0.3, -0.25) is 14.5 Å². The molecule has 2 aromatic carbocycles. The van der Waals surface area contributed by atoms with E-state index in [4.69, 9.17) is 0 Å². The van der Waals surface area contributed by atoms with E-state index in [-0.39, 0.29) is 17.9 Å². The summed E-state index contributed by atoms with van der Waals surface area (Å²) >= 11 is 3.55. The predicted molar refractivity (Wildman–Crippen MR) is 125 cm³/mol. The summed E-state index contributed by atoms with van der Waals surface area (Å²) in [5.74, 6) is -1.10. The van der Waals surface area contributed by atoms with Crippen molar-refractivity contribution in [2.75, 3.05) is 6.73 Å². The maximum absolute atomic E-state index is 13.4. The lowest BCUT2D eigenvalue weighted by molar-refractivity contribution is -0.139. The van der Waals surface area contributed by atoms with E-state index < -0.39 is 18.5 Å². The first-order valence-corrected chi connectivity index (χ1v) is 11.0. The molecule has 0 bridgehead atoms. The molecule has 32 heavy (non-hydrogen) atoms. The van der Waals surface area contributed by atoms with E-state index in [1.807, 2.05) is 60.2 Å². The summed E-state index contributed by atoms with van der Waals surface area (Å²) < 4.78 is 4.39. The van der Waals surface area contributed by atoms with Gasteiger partial charge < -0.3 is 19.3 Å². The summed E-state index contributed by atoms with van der Waals surface area (Å²) in [4.78, 5) is 27.6. The predicted octanol–water partition coefficient (Wildman–Crippen LogP) is 3.56. The lowest BCUT2D eigenvalue weighted by Crippen LogP contribution is -2.32. The van der Waals surface area contributed by atoms with E-state index in [0.717, 1.165) is 25.8 Å². The fourth-order valence-electron chi connectivity index (χ4n) is 4.53. The van der Waals surface area contributed by atoms with E-state index in [9.17, 15) is 19.8 Å². The average molecular weight is 494 g/mol. The number of aliphatic hydroxyl groups excluding tert-OH is 2. The van der Waals surface area contributed by atoms with Crippen LogP contribution in [-0.2, 0) is 22.9 Å². The van der Waals surface area contributed by atoms with Crippen molar-refractivity contribution in [3.05, 3.63) is 70.5 Å². The Morgan fingerprint density at radius 1 is 0.812 bits per heavy atom.